The molecule has 0 saturated carbocycles. The minimum absolute atomic E-state index is 0.0367. The van der Waals surface area contributed by atoms with Crippen LogP contribution in [-0.2, 0) is 9.59 Å². The lowest BCUT2D eigenvalue weighted by Gasteiger charge is -2.38. The molecular formula is C19H19FN2O2. The fraction of sp³-hybridized carbons (Fsp3) is 0.263. The molecular weight excluding hydrogens is 307 g/mol. The van der Waals surface area contributed by atoms with Gasteiger partial charge in [0.2, 0.25) is 11.8 Å². The Morgan fingerprint density at radius 2 is 1.79 bits per heavy atom. The Hall–Kier alpha value is -2.69. The second-order valence-corrected chi connectivity index (χ2v) is 6.00. The first-order chi connectivity index (χ1) is 11.6. The van der Waals surface area contributed by atoms with E-state index in [9.17, 15) is 14.0 Å². The molecule has 0 unspecified atom stereocenters. The topological polar surface area (TPSA) is 49.4 Å². The van der Waals surface area contributed by atoms with Crippen LogP contribution in [0.5, 0.6) is 0 Å². The van der Waals surface area contributed by atoms with Crippen molar-refractivity contribution >= 4 is 17.5 Å². The molecule has 1 fully saturated rings. The van der Waals surface area contributed by atoms with Gasteiger partial charge < -0.3 is 10.2 Å². The number of benzene rings is 2. The summed E-state index contributed by atoms with van der Waals surface area (Å²) in [7, 11) is 1.73. The van der Waals surface area contributed by atoms with Crippen LogP contribution >= 0.6 is 0 Å². The summed E-state index contributed by atoms with van der Waals surface area (Å²) in [4.78, 5) is 26.5. The lowest BCUT2D eigenvalue weighted by molar-refractivity contribution is -0.140. The van der Waals surface area contributed by atoms with Crippen LogP contribution in [0.25, 0.3) is 0 Å². The van der Waals surface area contributed by atoms with Crippen molar-refractivity contribution in [1.29, 1.82) is 0 Å². The zero-order valence-electron chi connectivity index (χ0n) is 13.4. The molecule has 3 rings (SSSR count). The van der Waals surface area contributed by atoms with E-state index >= 15 is 0 Å². The summed E-state index contributed by atoms with van der Waals surface area (Å²) in [5.41, 5.74) is 1.49. The molecule has 0 spiro atoms. The molecule has 2 aromatic carbocycles. The fourth-order valence-electron chi connectivity index (χ4n) is 3.19. The van der Waals surface area contributed by atoms with Crippen molar-refractivity contribution in [3.63, 3.8) is 0 Å². The van der Waals surface area contributed by atoms with E-state index in [1.54, 1.807) is 11.9 Å². The SMILES string of the molecule is CN1C(=O)CC[C@H](C(=O)Nc2ccc(F)cc2)[C@@H]1c1ccccc1. The molecule has 1 saturated heterocycles. The van der Waals surface area contributed by atoms with E-state index in [4.69, 9.17) is 0 Å². The number of amides is 2. The Bertz CT molecular complexity index is 731. The van der Waals surface area contributed by atoms with Gasteiger partial charge in [-0.2, -0.15) is 0 Å². The first kappa shape index (κ1) is 16.2. The standard InChI is InChI=1S/C19H19FN2O2/c1-22-17(23)12-11-16(18(22)13-5-3-2-4-6-13)19(24)21-15-9-7-14(20)8-10-15/h2-10,16,18H,11-12H2,1H3,(H,21,24)/t16-,18-/m0/s1. The third kappa shape index (κ3) is 3.30. The largest absolute Gasteiger partial charge is 0.338 e. The minimum Gasteiger partial charge on any atom is -0.338 e. The van der Waals surface area contributed by atoms with Crippen LogP contribution in [0.2, 0.25) is 0 Å². The highest BCUT2D eigenvalue weighted by molar-refractivity contribution is 5.94. The van der Waals surface area contributed by atoms with E-state index in [2.05, 4.69) is 5.32 Å². The molecule has 2 amide bonds. The van der Waals surface area contributed by atoms with Crippen molar-refractivity contribution in [2.24, 2.45) is 5.92 Å². The van der Waals surface area contributed by atoms with Crippen molar-refractivity contribution in [2.45, 2.75) is 18.9 Å². The normalized spacial score (nSPS) is 20.8. The highest BCUT2D eigenvalue weighted by Crippen LogP contribution is 2.36. The van der Waals surface area contributed by atoms with Gasteiger partial charge in [-0.1, -0.05) is 30.3 Å². The molecule has 0 bridgehead atoms. The Morgan fingerprint density at radius 3 is 2.46 bits per heavy atom. The number of halogens is 1. The van der Waals surface area contributed by atoms with Crippen LogP contribution in [0.4, 0.5) is 10.1 Å². The Balaban J connectivity index is 1.84. The zero-order chi connectivity index (χ0) is 17.1. The molecule has 124 valence electrons. The Kier molecular flexibility index (Phi) is 4.60. The third-order valence-electron chi connectivity index (χ3n) is 4.45. The van der Waals surface area contributed by atoms with E-state index in [0.717, 1.165) is 5.56 Å². The van der Waals surface area contributed by atoms with Gasteiger partial charge in [-0.05, 0) is 36.2 Å². The van der Waals surface area contributed by atoms with Gasteiger partial charge in [-0.3, -0.25) is 9.59 Å². The molecule has 0 radical (unpaired) electrons. The van der Waals surface area contributed by atoms with Crippen molar-refractivity contribution < 1.29 is 14.0 Å². The first-order valence-electron chi connectivity index (χ1n) is 7.93. The first-order valence-corrected chi connectivity index (χ1v) is 7.93. The van der Waals surface area contributed by atoms with E-state index in [1.165, 1.54) is 24.3 Å². The number of carbonyl (C=O) groups is 2. The number of hydrogen-bond acceptors (Lipinski definition) is 2. The van der Waals surface area contributed by atoms with E-state index < -0.39 is 0 Å². The van der Waals surface area contributed by atoms with Crippen LogP contribution in [-0.4, -0.2) is 23.8 Å². The molecule has 1 N–H and O–H groups in total. The molecule has 2 aromatic rings. The predicted octanol–water partition coefficient (Wildman–Crippen LogP) is 3.37. The van der Waals surface area contributed by atoms with Gasteiger partial charge >= 0.3 is 0 Å². The summed E-state index contributed by atoms with van der Waals surface area (Å²) >= 11 is 0. The summed E-state index contributed by atoms with van der Waals surface area (Å²) in [6.45, 7) is 0. The smallest absolute Gasteiger partial charge is 0.229 e. The monoisotopic (exact) mass is 326 g/mol. The molecule has 4 nitrogen and oxygen atoms in total. The van der Waals surface area contributed by atoms with Crippen LogP contribution in [0.3, 0.4) is 0 Å². The molecule has 24 heavy (non-hydrogen) atoms. The summed E-state index contributed by atoms with van der Waals surface area (Å²) in [5.74, 6) is -0.817. The number of carbonyl (C=O) groups excluding carboxylic acids is 2. The molecule has 0 aromatic heterocycles. The third-order valence-corrected chi connectivity index (χ3v) is 4.45. The number of hydrogen-bond donors (Lipinski definition) is 1. The van der Waals surface area contributed by atoms with Crippen molar-refractivity contribution in [3.8, 4) is 0 Å². The molecule has 0 aliphatic carbocycles. The molecule has 1 aliphatic rings. The number of nitrogens with zero attached hydrogens (tertiary/aromatic N) is 1. The minimum atomic E-state index is -0.349. The van der Waals surface area contributed by atoms with Crippen LogP contribution in [0.1, 0.15) is 24.4 Å². The van der Waals surface area contributed by atoms with Crippen LogP contribution in [0.15, 0.2) is 54.6 Å². The van der Waals surface area contributed by atoms with Crippen molar-refractivity contribution in [2.75, 3.05) is 12.4 Å². The van der Waals surface area contributed by atoms with Crippen LogP contribution < -0.4 is 5.32 Å². The number of nitrogens with one attached hydrogen (secondary N) is 1. The second kappa shape index (κ2) is 6.83. The molecule has 1 aliphatic heterocycles. The van der Waals surface area contributed by atoms with Crippen LogP contribution in [0, 0.1) is 11.7 Å². The van der Waals surface area contributed by atoms with Crippen molar-refractivity contribution in [1.82, 2.24) is 4.90 Å². The molecule has 2 atom stereocenters. The summed E-state index contributed by atoms with van der Waals surface area (Å²) in [6.07, 6.45) is 0.844. The van der Waals surface area contributed by atoms with Gasteiger partial charge in [0.05, 0.1) is 12.0 Å². The average Bonchev–Trinajstić information content (AvgIpc) is 2.60. The quantitative estimate of drug-likeness (QED) is 0.940. The lowest BCUT2D eigenvalue weighted by Crippen LogP contribution is -2.44. The number of likely N-dealkylation sites (tertiary alicyclic amines) is 1. The van der Waals surface area contributed by atoms with Gasteiger partial charge in [-0.25, -0.2) is 4.39 Å². The number of anilines is 1. The lowest BCUT2D eigenvalue weighted by atomic mass is 9.84. The maximum atomic E-state index is 13.0. The van der Waals surface area contributed by atoms with Gasteiger partial charge in [0.25, 0.3) is 0 Å². The maximum Gasteiger partial charge on any atom is 0.229 e. The molecule has 1 heterocycles. The average molecular weight is 326 g/mol. The Labute approximate surface area is 140 Å². The van der Waals surface area contributed by atoms with Gasteiger partial charge in [0.15, 0.2) is 0 Å². The summed E-state index contributed by atoms with van der Waals surface area (Å²) < 4.78 is 13.0. The van der Waals surface area contributed by atoms with Gasteiger partial charge in [0, 0.05) is 19.2 Å². The van der Waals surface area contributed by atoms with Crippen molar-refractivity contribution in [3.05, 3.63) is 66.0 Å². The molecule has 5 heteroatoms. The summed E-state index contributed by atoms with van der Waals surface area (Å²) in [6, 6.07) is 14.9. The van der Waals surface area contributed by atoms with E-state index in [1.807, 2.05) is 30.3 Å². The highest BCUT2D eigenvalue weighted by atomic mass is 19.1. The zero-order valence-corrected chi connectivity index (χ0v) is 13.4. The van der Waals surface area contributed by atoms with Gasteiger partial charge in [-0.15, -0.1) is 0 Å². The van der Waals surface area contributed by atoms with E-state index in [-0.39, 0.29) is 29.6 Å². The highest BCUT2D eigenvalue weighted by Gasteiger charge is 2.38. The number of rotatable bonds is 3. The predicted molar refractivity (Wildman–Crippen MR) is 89.7 cm³/mol. The van der Waals surface area contributed by atoms with Gasteiger partial charge in [0.1, 0.15) is 5.82 Å². The second-order valence-electron chi connectivity index (χ2n) is 6.00. The maximum absolute atomic E-state index is 13.0. The number of piperidine rings is 1. The fourth-order valence-corrected chi connectivity index (χ4v) is 3.19. The Morgan fingerprint density at radius 1 is 1.12 bits per heavy atom. The van der Waals surface area contributed by atoms with E-state index in [0.29, 0.717) is 18.5 Å². The summed E-state index contributed by atoms with van der Waals surface area (Å²) in [5, 5.41) is 2.83.